The highest BCUT2D eigenvalue weighted by Gasteiger charge is 2.46. The number of benzene rings is 1. The fourth-order valence-corrected chi connectivity index (χ4v) is 4.97. The second kappa shape index (κ2) is 7.30. The monoisotopic (exact) mass is 484 g/mol. The van der Waals surface area contributed by atoms with Crippen LogP contribution in [0.2, 0.25) is 5.28 Å². The Morgan fingerprint density at radius 1 is 1.24 bits per heavy atom. The summed E-state index contributed by atoms with van der Waals surface area (Å²) in [4.78, 5) is 23.8. The lowest BCUT2D eigenvalue weighted by atomic mass is 10.1. The smallest absolute Gasteiger partial charge is 0.407 e. The van der Waals surface area contributed by atoms with Gasteiger partial charge in [0.2, 0.25) is 5.28 Å². The Balaban J connectivity index is 1.56. The van der Waals surface area contributed by atoms with Crippen LogP contribution in [-0.4, -0.2) is 62.2 Å². The maximum Gasteiger partial charge on any atom is 0.407 e. The molecule has 0 radical (unpaired) electrons. The van der Waals surface area contributed by atoms with E-state index in [1.807, 2.05) is 0 Å². The van der Waals surface area contributed by atoms with Crippen LogP contribution in [0, 0.1) is 5.82 Å². The number of amides is 1. The predicted molar refractivity (Wildman–Crippen MR) is 107 cm³/mol. The predicted octanol–water partition coefficient (Wildman–Crippen LogP) is 4.19. The third-order valence-corrected chi connectivity index (χ3v) is 6.69. The van der Waals surface area contributed by atoms with Crippen LogP contribution in [0.15, 0.2) is 16.6 Å². The molecule has 1 N–H and O–H groups in total. The minimum absolute atomic E-state index is 0.0407. The molecule has 2 saturated heterocycles. The van der Waals surface area contributed by atoms with Crippen LogP contribution in [0.5, 0.6) is 0 Å². The molecule has 154 valence electrons. The number of likely N-dealkylation sites (tertiary alicyclic amines) is 1. The molecule has 0 spiro atoms. The second-order valence-corrected chi connectivity index (χ2v) is 9.04. The van der Waals surface area contributed by atoms with E-state index in [4.69, 9.17) is 16.3 Å². The molecule has 1 aromatic carbocycles. The van der Waals surface area contributed by atoms with E-state index >= 15 is 0 Å². The minimum Gasteiger partial charge on any atom is -0.465 e. The van der Waals surface area contributed by atoms with Crippen LogP contribution in [0.4, 0.5) is 9.18 Å². The number of carboxylic acid groups (broad SMARTS) is 1. The van der Waals surface area contributed by atoms with Crippen LogP contribution in [0.3, 0.4) is 0 Å². The van der Waals surface area contributed by atoms with Crippen LogP contribution < -0.4 is 0 Å². The summed E-state index contributed by atoms with van der Waals surface area (Å²) < 4.78 is 21.3. The van der Waals surface area contributed by atoms with Gasteiger partial charge in [-0.2, -0.15) is 0 Å². The zero-order valence-electron chi connectivity index (χ0n) is 15.4. The number of halogens is 3. The number of hydrogen-bond donors (Lipinski definition) is 1. The summed E-state index contributed by atoms with van der Waals surface area (Å²) in [7, 11) is 0. The van der Waals surface area contributed by atoms with Crippen molar-refractivity contribution in [2.75, 3.05) is 13.1 Å². The molecule has 3 aliphatic rings. The van der Waals surface area contributed by atoms with Gasteiger partial charge < -0.3 is 9.84 Å². The van der Waals surface area contributed by atoms with Gasteiger partial charge in [0.25, 0.3) is 0 Å². The van der Waals surface area contributed by atoms with Crippen molar-refractivity contribution in [2.24, 2.45) is 0 Å². The third kappa shape index (κ3) is 3.48. The molecule has 3 atom stereocenters. The summed E-state index contributed by atoms with van der Waals surface area (Å²) in [6.45, 7) is 1.09. The molecule has 1 aliphatic carbocycles. The van der Waals surface area contributed by atoms with Crippen LogP contribution in [-0.2, 0) is 4.74 Å². The molecule has 5 rings (SSSR count). The van der Waals surface area contributed by atoms with Crippen molar-refractivity contribution in [3.8, 4) is 0 Å². The Labute approximate surface area is 179 Å². The van der Waals surface area contributed by atoms with Gasteiger partial charge in [-0.25, -0.2) is 19.2 Å². The molecule has 1 saturated carbocycles. The number of hydrogen-bond acceptors (Lipinski definition) is 5. The van der Waals surface area contributed by atoms with E-state index in [9.17, 15) is 14.3 Å². The number of nitrogens with zero attached hydrogens (tertiary/aromatic N) is 4. The van der Waals surface area contributed by atoms with Crippen molar-refractivity contribution in [1.82, 2.24) is 19.8 Å². The first kappa shape index (κ1) is 19.4. The number of carbonyl (C=O) groups is 1. The highest BCUT2D eigenvalue weighted by molar-refractivity contribution is 9.10. The molecule has 1 aromatic heterocycles. The van der Waals surface area contributed by atoms with Gasteiger partial charge in [-0.3, -0.25) is 9.80 Å². The molecule has 2 bridgehead atoms. The number of fused-ring (bicyclic) bond motifs is 3. The van der Waals surface area contributed by atoms with Gasteiger partial charge >= 0.3 is 6.09 Å². The van der Waals surface area contributed by atoms with Gasteiger partial charge in [0.15, 0.2) is 12.0 Å². The van der Waals surface area contributed by atoms with Crippen molar-refractivity contribution >= 4 is 44.5 Å². The molecule has 29 heavy (non-hydrogen) atoms. The normalized spacial score (nSPS) is 25.6. The Kier molecular flexibility index (Phi) is 4.89. The van der Waals surface area contributed by atoms with E-state index in [2.05, 4.69) is 30.8 Å². The van der Waals surface area contributed by atoms with Crippen LogP contribution in [0.25, 0.3) is 10.9 Å². The molecule has 10 heteroatoms. The first-order valence-corrected chi connectivity index (χ1v) is 10.8. The van der Waals surface area contributed by atoms with Gasteiger partial charge in [0.05, 0.1) is 16.3 Å². The quantitative estimate of drug-likeness (QED) is 0.654. The Bertz CT molecular complexity index is 978. The van der Waals surface area contributed by atoms with E-state index in [1.54, 1.807) is 17.0 Å². The Morgan fingerprint density at radius 3 is 2.55 bits per heavy atom. The lowest BCUT2D eigenvalue weighted by Gasteiger charge is -2.42. The minimum atomic E-state index is -0.876. The summed E-state index contributed by atoms with van der Waals surface area (Å²) in [5.74, 6) is -0.492. The van der Waals surface area contributed by atoms with Gasteiger partial charge in [-0.15, -0.1) is 0 Å². The zero-order valence-corrected chi connectivity index (χ0v) is 17.7. The average molecular weight is 486 g/mol. The van der Waals surface area contributed by atoms with Gasteiger partial charge in [0.1, 0.15) is 5.52 Å². The fraction of sp³-hybridized carbons (Fsp3) is 0.526. The van der Waals surface area contributed by atoms with Gasteiger partial charge in [-0.1, -0.05) is 0 Å². The third-order valence-electron chi connectivity index (χ3n) is 5.90. The van der Waals surface area contributed by atoms with E-state index in [1.165, 1.54) is 0 Å². The highest BCUT2D eigenvalue weighted by Crippen LogP contribution is 2.40. The molecule has 7 nitrogen and oxygen atoms in total. The number of ether oxygens (including phenoxy) is 1. The van der Waals surface area contributed by atoms with Crippen LogP contribution in [0.1, 0.15) is 37.6 Å². The van der Waals surface area contributed by atoms with Crippen molar-refractivity contribution in [2.45, 2.75) is 50.1 Å². The largest absolute Gasteiger partial charge is 0.465 e. The molecular weight excluding hydrogens is 467 g/mol. The van der Waals surface area contributed by atoms with Crippen LogP contribution >= 0.6 is 27.5 Å². The Hall–Kier alpha value is -1.55. The zero-order chi connectivity index (χ0) is 20.3. The topological polar surface area (TPSA) is 78.8 Å². The molecular formula is C19H19BrClFN4O3. The first-order chi connectivity index (χ1) is 13.9. The number of rotatable bonds is 4. The summed E-state index contributed by atoms with van der Waals surface area (Å²) in [6.07, 6.45) is 2.32. The van der Waals surface area contributed by atoms with E-state index in [-0.39, 0.29) is 29.0 Å². The molecule has 1 amide bonds. The van der Waals surface area contributed by atoms with Gasteiger partial charge in [0, 0.05) is 30.6 Å². The fourth-order valence-electron chi connectivity index (χ4n) is 4.47. The molecule has 2 aliphatic heterocycles. The lowest BCUT2D eigenvalue weighted by Crippen LogP contribution is -2.56. The van der Waals surface area contributed by atoms with Crippen molar-refractivity contribution in [1.29, 1.82) is 0 Å². The average Bonchev–Trinajstić information content (AvgIpc) is 3.46. The van der Waals surface area contributed by atoms with Crippen molar-refractivity contribution < 1.29 is 19.0 Å². The maximum absolute atomic E-state index is 14.7. The number of aromatic nitrogens is 2. The molecule has 2 aromatic rings. The lowest BCUT2D eigenvalue weighted by molar-refractivity contribution is -0.0986. The van der Waals surface area contributed by atoms with E-state index in [0.29, 0.717) is 28.6 Å². The van der Waals surface area contributed by atoms with Gasteiger partial charge in [-0.05, 0) is 65.3 Å². The van der Waals surface area contributed by atoms with Crippen molar-refractivity contribution in [3.63, 3.8) is 0 Å². The molecule has 1 unspecified atom stereocenters. The first-order valence-electron chi connectivity index (χ1n) is 9.64. The molecule has 3 heterocycles. The Morgan fingerprint density at radius 2 is 1.93 bits per heavy atom. The number of piperazine rings is 1. The highest BCUT2D eigenvalue weighted by atomic mass is 79.9. The summed E-state index contributed by atoms with van der Waals surface area (Å²) in [5, 5.41) is 10.1. The SMILES string of the molecule is O=C(O)N1[C@@H]2CC[C@H]1CN(C(OC1CC1)c1nc(Cl)nc3c(F)c(Br)ccc13)C2. The summed E-state index contributed by atoms with van der Waals surface area (Å²) >= 11 is 9.35. The standard InChI is InChI=1S/C19H19BrClFN4O3/c20-13-6-5-12-15(14(13)22)23-18(21)24-16(12)17(29-11-3-4-11)25-7-9-1-2-10(8-25)26(9)19(27)28/h5-6,9-11,17H,1-4,7-8H2,(H,27,28)/t9-,10+,17?. The second-order valence-electron chi connectivity index (χ2n) is 7.85. The van der Waals surface area contributed by atoms with E-state index < -0.39 is 18.1 Å². The summed E-state index contributed by atoms with van der Waals surface area (Å²) in [6, 6.07) is 3.23. The maximum atomic E-state index is 14.7. The summed E-state index contributed by atoms with van der Waals surface area (Å²) in [5.41, 5.74) is 0.674. The molecule has 3 fully saturated rings. The van der Waals surface area contributed by atoms with Crippen molar-refractivity contribution in [3.05, 3.63) is 33.4 Å². The van der Waals surface area contributed by atoms with E-state index in [0.717, 1.165) is 25.7 Å².